The molecule has 21 heavy (non-hydrogen) atoms. The minimum Gasteiger partial charge on any atom is -0.481 e. The van der Waals surface area contributed by atoms with E-state index < -0.39 is 5.97 Å². The average molecular weight is 290 g/mol. The van der Waals surface area contributed by atoms with E-state index in [0.717, 1.165) is 17.7 Å². The number of carboxylic acid groups (broad SMARTS) is 1. The molecular weight excluding hydrogens is 268 g/mol. The Hall–Kier alpha value is -2.04. The summed E-state index contributed by atoms with van der Waals surface area (Å²) in [6.45, 7) is 5.73. The number of hydrogen-bond acceptors (Lipinski definition) is 2. The van der Waals surface area contributed by atoms with Gasteiger partial charge in [-0.25, -0.2) is 4.79 Å². The van der Waals surface area contributed by atoms with Crippen molar-refractivity contribution in [1.82, 2.24) is 4.90 Å². The van der Waals surface area contributed by atoms with Crippen molar-refractivity contribution in [2.24, 2.45) is 5.92 Å². The van der Waals surface area contributed by atoms with Crippen LogP contribution in [0.1, 0.15) is 25.3 Å². The van der Waals surface area contributed by atoms with Crippen LogP contribution in [0.3, 0.4) is 0 Å². The van der Waals surface area contributed by atoms with Gasteiger partial charge in [0.2, 0.25) is 0 Å². The number of carboxylic acids is 1. The number of anilines is 1. The first-order valence-electron chi connectivity index (χ1n) is 7.36. The topological polar surface area (TPSA) is 60.9 Å². The van der Waals surface area contributed by atoms with E-state index in [1.165, 1.54) is 0 Å². The second-order valence-electron chi connectivity index (χ2n) is 5.56. The summed E-state index contributed by atoms with van der Waals surface area (Å²) in [6.07, 6.45) is 0.907. The van der Waals surface area contributed by atoms with E-state index in [0.29, 0.717) is 19.6 Å². The van der Waals surface area contributed by atoms with Crippen LogP contribution in [-0.2, 0) is 4.79 Å². The highest BCUT2D eigenvalue weighted by Gasteiger charge is 2.30. The highest BCUT2D eigenvalue weighted by atomic mass is 16.4. The van der Waals surface area contributed by atoms with Gasteiger partial charge in [-0.1, -0.05) is 17.7 Å². The summed E-state index contributed by atoms with van der Waals surface area (Å²) in [5, 5.41) is 8.84. The molecule has 1 heterocycles. The number of carbonyl (C=O) groups excluding carboxylic acids is 1. The van der Waals surface area contributed by atoms with E-state index in [2.05, 4.69) is 0 Å². The van der Waals surface area contributed by atoms with Gasteiger partial charge in [0.1, 0.15) is 0 Å². The zero-order valence-corrected chi connectivity index (χ0v) is 12.6. The molecule has 1 aliphatic heterocycles. The van der Waals surface area contributed by atoms with Crippen LogP contribution in [0.4, 0.5) is 10.5 Å². The van der Waals surface area contributed by atoms with Crippen LogP contribution < -0.4 is 4.90 Å². The van der Waals surface area contributed by atoms with Gasteiger partial charge < -0.3 is 10.0 Å². The third-order valence-electron chi connectivity index (χ3n) is 3.91. The van der Waals surface area contributed by atoms with Crippen molar-refractivity contribution >= 4 is 17.7 Å². The highest BCUT2D eigenvalue weighted by Crippen LogP contribution is 2.23. The summed E-state index contributed by atoms with van der Waals surface area (Å²) in [7, 11) is 0. The third kappa shape index (κ3) is 3.74. The summed E-state index contributed by atoms with van der Waals surface area (Å²) < 4.78 is 0. The van der Waals surface area contributed by atoms with E-state index >= 15 is 0 Å². The lowest BCUT2D eigenvalue weighted by atomic mass is 10.1. The first-order chi connectivity index (χ1) is 10.0. The SMILES string of the molecule is CCN(C(=O)N1CCC(CC(=O)O)C1)c1ccc(C)cc1. The second kappa shape index (κ2) is 6.61. The monoisotopic (exact) mass is 290 g/mol. The Morgan fingerprint density at radius 2 is 2.00 bits per heavy atom. The maximum atomic E-state index is 12.6. The van der Waals surface area contributed by atoms with Crippen molar-refractivity contribution < 1.29 is 14.7 Å². The highest BCUT2D eigenvalue weighted by molar-refractivity contribution is 5.92. The second-order valence-corrected chi connectivity index (χ2v) is 5.56. The van der Waals surface area contributed by atoms with Gasteiger partial charge in [0.05, 0.1) is 0 Å². The molecule has 5 heteroatoms. The van der Waals surface area contributed by atoms with Crippen molar-refractivity contribution in [2.45, 2.75) is 26.7 Å². The molecule has 0 radical (unpaired) electrons. The summed E-state index contributed by atoms with van der Waals surface area (Å²) in [4.78, 5) is 26.9. The van der Waals surface area contributed by atoms with Crippen LogP contribution in [-0.4, -0.2) is 41.6 Å². The molecule has 1 atom stereocenters. The van der Waals surface area contributed by atoms with Gasteiger partial charge in [-0.2, -0.15) is 0 Å². The molecule has 1 aliphatic rings. The molecule has 1 aromatic carbocycles. The van der Waals surface area contributed by atoms with Gasteiger partial charge in [-0.05, 0) is 38.3 Å². The van der Waals surface area contributed by atoms with E-state index in [4.69, 9.17) is 5.11 Å². The molecule has 2 amide bonds. The lowest BCUT2D eigenvalue weighted by Gasteiger charge is -2.27. The van der Waals surface area contributed by atoms with Crippen LogP contribution in [0, 0.1) is 12.8 Å². The molecule has 0 aliphatic carbocycles. The number of urea groups is 1. The maximum Gasteiger partial charge on any atom is 0.324 e. The fourth-order valence-corrected chi connectivity index (χ4v) is 2.74. The third-order valence-corrected chi connectivity index (χ3v) is 3.91. The van der Waals surface area contributed by atoms with Crippen LogP contribution in [0.2, 0.25) is 0 Å². The number of hydrogen-bond donors (Lipinski definition) is 1. The predicted octanol–water partition coefficient (Wildman–Crippen LogP) is 2.74. The van der Waals surface area contributed by atoms with Crippen molar-refractivity contribution in [1.29, 1.82) is 0 Å². The van der Waals surface area contributed by atoms with Crippen molar-refractivity contribution in [2.75, 3.05) is 24.5 Å². The zero-order chi connectivity index (χ0) is 15.4. The molecule has 0 aromatic heterocycles. The summed E-state index contributed by atoms with van der Waals surface area (Å²) in [6, 6.07) is 7.84. The van der Waals surface area contributed by atoms with Gasteiger partial charge in [-0.15, -0.1) is 0 Å². The van der Waals surface area contributed by atoms with Crippen LogP contribution in [0.5, 0.6) is 0 Å². The van der Waals surface area contributed by atoms with Crippen molar-refractivity contribution in [3.05, 3.63) is 29.8 Å². The molecule has 114 valence electrons. The smallest absolute Gasteiger partial charge is 0.324 e. The Bertz CT molecular complexity index is 513. The first-order valence-corrected chi connectivity index (χ1v) is 7.36. The normalized spacial score (nSPS) is 17.8. The predicted molar refractivity (Wildman–Crippen MR) is 81.5 cm³/mol. The number of benzene rings is 1. The van der Waals surface area contributed by atoms with E-state index in [9.17, 15) is 9.59 Å². The largest absolute Gasteiger partial charge is 0.481 e. The number of nitrogens with zero attached hydrogens (tertiary/aromatic N) is 2. The Balaban J connectivity index is 2.04. The van der Waals surface area contributed by atoms with Crippen LogP contribution in [0.25, 0.3) is 0 Å². The van der Waals surface area contributed by atoms with Crippen molar-refractivity contribution in [3.63, 3.8) is 0 Å². The molecule has 0 bridgehead atoms. The number of amides is 2. The fourth-order valence-electron chi connectivity index (χ4n) is 2.74. The van der Waals surface area contributed by atoms with Crippen LogP contribution >= 0.6 is 0 Å². The van der Waals surface area contributed by atoms with Gasteiger partial charge in [0.25, 0.3) is 0 Å². The van der Waals surface area contributed by atoms with Crippen molar-refractivity contribution in [3.8, 4) is 0 Å². The lowest BCUT2D eigenvalue weighted by molar-refractivity contribution is -0.138. The minimum atomic E-state index is -0.791. The quantitative estimate of drug-likeness (QED) is 0.927. The number of likely N-dealkylation sites (tertiary alicyclic amines) is 1. The molecule has 1 saturated heterocycles. The maximum absolute atomic E-state index is 12.6. The summed E-state index contributed by atoms with van der Waals surface area (Å²) in [5.74, 6) is -0.719. The van der Waals surface area contributed by atoms with Gasteiger partial charge in [0, 0.05) is 31.7 Å². The molecule has 1 aromatic rings. The average Bonchev–Trinajstić information content (AvgIpc) is 2.89. The lowest BCUT2D eigenvalue weighted by Crippen LogP contribution is -2.42. The summed E-state index contributed by atoms with van der Waals surface area (Å²) in [5.41, 5.74) is 2.04. The number of carbonyl (C=O) groups is 2. The molecule has 1 fully saturated rings. The van der Waals surface area contributed by atoms with Crippen LogP contribution in [0.15, 0.2) is 24.3 Å². The minimum absolute atomic E-state index is 0.0331. The molecule has 0 spiro atoms. The number of aryl methyl sites for hydroxylation is 1. The fraction of sp³-hybridized carbons (Fsp3) is 0.500. The summed E-state index contributed by atoms with van der Waals surface area (Å²) >= 11 is 0. The standard InChI is InChI=1S/C16H22N2O3/c1-3-18(14-6-4-12(2)5-7-14)16(21)17-9-8-13(11-17)10-15(19)20/h4-7,13H,3,8-11H2,1-2H3,(H,19,20). The molecule has 5 nitrogen and oxygen atoms in total. The van der Waals surface area contributed by atoms with Gasteiger partial charge in [-0.3, -0.25) is 9.69 Å². The molecule has 2 rings (SSSR count). The number of rotatable bonds is 4. The molecule has 1 N–H and O–H groups in total. The Morgan fingerprint density at radius 3 is 2.57 bits per heavy atom. The molecular formula is C16H22N2O3. The molecule has 1 unspecified atom stereocenters. The molecule has 0 saturated carbocycles. The Morgan fingerprint density at radius 1 is 1.33 bits per heavy atom. The first kappa shape index (κ1) is 15.4. The van der Waals surface area contributed by atoms with E-state index in [1.54, 1.807) is 9.80 Å². The Kier molecular flexibility index (Phi) is 4.83. The number of aliphatic carboxylic acids is 1. The van der Waals surface area contributed by atoms with E-state index in [-0.39, 0.29) is 18.4 Å². The Labute approximate surface area is 125 Å². The van der Waals surface area contributed by atoms with E-state index in [1.807, 2.05) is 38.1 Å². The van der Waals surface area contributed by atoms with Gasteiger partial charge >= 0.3 is 12.0 Å². The zero-order valence-electron chi connectivity index (χ0n) is 12.6. The van der Waals surface area contributed by atoms with Gasteiger partial charge in [0.15, 0.2) is 0 Å².